The molecule has 0 saturated heterocycles. The van der Waals surface area contributed by atoms with Gasteiger partial charge in [0, 0.05) is 0 Å². The van der Waals surface area contributed by atoms with Gasteiger partial charge in [-0.2, -0.15) is 0 Å². The summed E-state index contributed by atoms with van der Waals surface area (Å²) in [6, 6.07) is 5.27. The number of nitrogens with one attached hydrogen (secondary N) is 1. The molecule has 1 aromatic rings. The second-order valence-corrected chi connectivity index (χ2v) is 3.11. The van der Waals surface area contributed by atoms with Crippen LogP contribution in [0.2, 0.25) is 5.02 Å². The predicted molar refractivity (Wildman–Crippen MR) is 50.7 cm³/mol. The fourth-order valence-electron chi connectivity index (χ4n) is 1.04. The number of rotatable bonds is 3. The highest BCUT2D eigenvalue weighted by molar-refractivity contribution is 6.33. The lowest BCUT2D eigenvalue weighted by atomic mass is 10.2. The Balaban J connectivity index is 2.75. The van der Waals surface area contributed by atoms with E-state index in [1.54, 1.807) is 12.1 Å². The average Bonchev–Trinajstić information content (AvgIpc) is 2.03. The van der Waals surface area contributed by atoms with Gasteiger partial charge < -0.3 is 5.32 Å². The van der Waals surface area contributed by atoms with Crippen LogP contribution in [0, 0.1) is 6.92 Å². The standard InChI is InChI=1S/C9H10ClF2N/c1-6-3-2-4-7(10)9(6)13-5-8(11)12/h2-4,8,13H,5H2,1H3. The molecule has 0 aliphatic heterocycles. The third-order valence-corrected chi connectivity index (χ3v) is 1.97. The van der Waals surface area contributed by atoms with Gasteiger partial charge in [0.05, 0.1) is 17.3 Å². The molecule has 1 rings (SSSR count). The molecule has 0 amide bonds. The molecule has 72 valence electrons. The summed E-state index contributed by atoms with van der Waals surface area (Å²) in [7, 11) is 0. The second-order valence-electron chi connectivity index (χ2n) is 2.70. The Morgan fingerprint density at radius 1 is 1.46 bits per heavy atom. The largest absolute Gasteiger partial charge is 0.378 e. The molecule has 0 unspecified atom stereocenters. The van der Waals surface area contributed by atoms with Gasteiger partial charge in [-0.05, 0) is 18.6 Å². The lowest BCUT2D eigenvalue weighted by Crippen LogP contribution is -2.11. The van der Waals surface area contributed by atoms with Crippen molar-refractivity contribution in [3.63, 3.8) is 0 Å². The molecule has 4 heteroatoms. The highest BCUT2D eigenvalue weighted by Gasteiger charge is 2.06. The molecule has 0 heterocycles. The van der Waals surface area contributed by atoms with Crippen molar-refractivity contribution in [2.75, 3.05) is 11.9 Å². The Labute approximate surface area is 80.7 Å². The van der Waals surface area contributed by atoms with Crippen molar-refractivity contribution in [3.05, 3.63) is 28.8 Å². The van der Waals surface area contributed by atoms with Gasteiger partial charge >= 0.3 is 0 Å². The van der Waals surface area contributed by atoms with Crippen LogP contribution in [0.4, 0.5) is 14.5 Å². The zero-order valence-electron chi connectivity index (χ0n) is 7.15. The van der Waals surface area contributed by atoms with Crippen LogP contribution in [0.1, 0.15) is 5.56 Å². The normalized spacial score (nSPS) is 10.5. The van der Waals surface area contributed by atoms with Crippen LogP contribution in [-0.4, -0.2) is 13.0 Å². The number of hydrogen-bond donors (Lipinski definition) is 1. The van der Waals surface area contributed by atoms with E-state index in [9.17, 15) is 8.78 Å². The Morgan fingerprint density at radius 2 is 2.15 bits per heavy atom. The van der Waals surface area contributed by atoms with Gasteiger partial charge in [-0.25, -0.2) is 8.78 Å². The van der Waals surface area contributed by atoms with Gasteiger partial charge in [0.1, 0.15) is 0 Å². The molecule has 0 saturated carbocycles. The molecule has 0 radical (unpaired) electrons. The first-order valence-corrected chi connectivity index (χ1v) is 4.26. The molecular weight excluding hydrogens is 196 g/mol. The fourth-order valence-corrected chi connectivity index (χ4v) is 1.32. The summed E-state index contributed by atoms with van der Waals surface area (Å²) in [5.74, 6) is 0. The molecular formula is C9H10ClF2N. The van der Waals surface area contributed by atoms with Crippen molar-refractivity contribution in [1.29, 1.82) is 0 Å². The lowest BCUT2D eigenvalue weighted by Gasteiger charge is -2.10. The number of alkyl halides is 2. The number of aryl methyl sites for hydroxylation is 1. The SMILES string of the molecule is Cc1cccc(Cl)c1NCC(F)F. The Bertz CT molecular complexity index is 269. The van der Waals surface area contributed by atoms with Crippen molar-refractivity contribution in [3.8, 4) is 0 Å². The summed E-state index contributed by atoms with van der Waals surface area (Å²) in [6.07, 6.45) is -2.37. The predicted octanol–water partition coefficient (Wildman–Crippen LogP) is 3.33. The van der Waals surface area contributed by atoms with Crippen LogP contribution >= 0.6 is 11.6 Å². The minimum Gasteiger partial charge on any atom is -0.378 e. The van der Waals surface area contributed by atoms with E-state index in [0.29, 0.717) is 10.7 Å². The van der Waals surface area contributed by atoms with E-state index in [1.165, 1.54) is 0 Å². The number of anilines is 1. The molecule has 0 atom stereocenters. The van der Waals surface area contributed by atoms with Crippen molar-refractivity contribution in [2.45, 2.75) is 13.3 Å². The van der Waals surface area contributed by atoms with E-state index in [-0.39, 0.29) is 6.54 Å². The Morgan fingerprint density at radius 3 is 2.69 bits per heavy atom. The number of benzene rings is 1. The highest BCUT2D eigenvalue weighted by atomic mass is 35.5. The quantitative estimate of drug-likeness (QED) is 0.798. The smallest absolute Gasteiger partial charge is 0.255 e. The zero-order chi connectivity index (χ0) is 9.84. The molecule has 1 nitrogen and oxygen atoms in total. The maximum atomic E-state index is 11.9. The molecule has 0 spiro atoms. The summed E-state index contributed by atoms with van der Waals surface area (Å²) < 4.78 is 23.8. The van der Waals surface area contributed by atoms with Gasteiger partial charge in [-0.1, -0.05) is 23.7 Å². The summed E-state index contributed by atoms with van der Waals surface area (Å²) in [4.78, 5) is 0. The van der Waals surface area contributed by atoms with E-state index in [1.807, 2.05) is 13.0 Å². The van der Waals surface area contributed by atoms with Crippen molar-refractivity contribution in [2.24, 2.45) is 0 Å². The fraction of sp³-hybridized carbons (Fsp3) is 0.333. The zero-order valence-corrected chi connectivity index (χ0v) is 7.91. The van der Waals surface area contributed by atoms with Gasteiger partial charge in [0.15, 0.2) is 0 Å². The van der Waals surface area contributed by atoms with Crippen LogP contribution in [0.5, 0.6) is 0 Å². The van der Waals surface area contributed by atoms with Crippen LogP contribution in [0.15, 0.2) is 18.2 Å². The van der Waals surface area contributed by atoms with E-state index in [2.05, 4.69) is 5.32 Å². The van der Waals surface area contributed by atoms with Crippen molar-refractivity contribution < 1.29 is 8.78 Å². The second kappa shape index (κ2) is 4.42. The van der Waals surface area contributed by atoms with Crippen LogP contribution < -0.4 is 5.32 Å². The topological polar surface area (TPSA) is 12.0 Å². The first-order chi connectivity index (χ1) is 6.11. The monoisotopic (exact) mass is 205 g/mol. The molecule has 1 aromatic carbocycles. The summed E-state index contributed by atoms with van der Waals surface area (Å²) in [6.45, 7) is 1.45. The van der Waals surface area contributed by atoms with Gasteiger partial charge in [0.2, 0.25) is 0 Å². The first kappa shape index (κ1) is 10.3. The summed E-state index contributed by atoms with van der Waals surface area (Å²) in [5, 5.41) is 3.07. The molecule has 0 aromatic heterocycles. The van der Waals surface area contributed by atoms with E-state index in [0.717, 1.165) is 5.56 Å². The Kier molecular flexibility index (Phi) is 3.48. The third-order valence-electron chi connectivity index (χ3n) is 1.66. The van der Waals surface area contributed by atoms with Crippen LogP contribution in [0.25, 0.3) is 0 Å². The van der Waals surface area contributed by atoms with Gasteiger partial charge in [0.25, 0.3) is 6.43 Å². The maximum Gasteiger partial charge on any atom is 0.255 e. The first-order valence-electron chi connectivity index (χ1n) is 3.88. The molecule has 1 N–H and O–H groups in total. The number of hydrogen-bond acceptors (Lipinski definition) is 1. The highest BCUT2D eigenvalue weighted by Crippen LogP contribution is 2.25. The minimum atomic E-state index is -2.37. The van der Waals surface area contributed by atoms with Crippen molar-refractivity contribution in [1.82, 2.24) is 0 Å². The van der Waals surface area contributed by atoms with Gasteiger partial charge in [-0.15, -0.1) is 0 Å². The van der Waals surface area contributed by atoms with Crippen molar-refractivity contribution >= 4 is 17.3 Å². The number of para-hydroxylation sites is 1. The van der Waals surface area contributed by atoms with Crippen LogP contribution in [0.3, 0.4) is 0 Å². The minimum absolute atomic E-state index is 0.370. The average molecular weight is 206 g/mol. The maximum absolute atomic E-state index is 11.9. The van der Waals surface area contributed by atoms with Gasteiger partial charge in [-0.3, -0.25) is 0 Å². The molecule has 0 aliphatic carbocycles. The van der Waals surface area contributed by atoms with E-state index in [4.69, 9.17) is 11.6 Å². The summed E-state index contributed by atoms with van der Waals surface area (Å²) in [5.41, 5.74) is 1.46. The molecule has 0 bridgehead atoms. The molecule has 0 aliphatic rings. The Hall–Kier alpha value is -0.830. The molecule has 13 heavy (non-hydrogen) atoms. The van der Waals surface area contributed by atoms with E-state index >= 15 is 0 Å². The van der Waals surface area contributed by atoms with Crippen LogP contribution in [-0.2, 0) is 0 Å². The molecule has 0 fully saturated rings. The number of halogens is 3. The summed E-state index contributed by atoms with van der Waals surface area (Å²) >= 11 is 5.81. The van der Waals surface area contributed by atoms with E-state index < -0.39 is 6.43 Å². The lowest BCUT2D eigenvalue weighted by molar-refractivity contribution is 0.163. The third kappa shape index (κ3) is 2.84.